The van der Waals surface area contributed by atoms with Crippen LogP contribution in [-0.2, 0) is 16.6 Å². The molecule has 5 nitrogen and oxygen atoms in total. The first-order valence-corrected chi connectivity index (χ1v) is 10.0. The van der Waals surface area contributed by atoms with Gasteiger partial charge in [-0.3, -0.25) is 9.88 Å². The second-order valence-electron chi connectivity index (χ2n) is 6.70. The van der Waals surface area contributed by atoms with Gasteiger partial charge in [0.05, 0.1) is 10.6 Å². The van der Waals surface area contributed by atoms with Crippen molar-refractivity contribution in [3.8, 4) is 0 Å². The zero-order chi connectivity index (χ0) is 18.0. The van der Waals surface area contributed by atoms with Crippen molar-refractivity contribution in [1.82, 2.24) is 14.2 Å². The summed E-state index contributed by atoms with van der Waals surface area (Å²) >= 11 is 0. The maximum absolute atomic E-state index is 13.0. The predicted octanol–water partition coefficient (Wildman–Crippen LogP) is 2.94. The molecule has 1 fully saturated rings. The quantitative estimate of drug-likeness (QED) is 0.798. The monoisotopic (exact) mass is 395 g/mol. The topological polar surface area (TPSA) is 53.5 Å². The molecule has 0 spiro atoms. The number of halogens is 1. The van der Waals surface area contributed by atoms with Gasteiger partial charge in [-0.25, -0.2) is 8.42 Å². The minimum Gasteiger partial charge on any atom is -0.295 e. The van der Waals surface area contributed by atoms with E-state index in [1.807, 2.05) is 45.0 Å². The minimum absolute atomic E-state index is 0. The van der Waals surface area contributed by atoms with E-state index in [1.54, 1.807) is 16.6 Å². The standard InChI is InChI=1S/C19H25N3O2S.ClH/c1-15-12-17(3)19(13-16(15)2)25(23,24)22-10-8-21(9-11-22)14-18-6-4-5-7-20-18;/h4-7,12-13H,8-11,14H2,1-3H3;1H. The van der Waals surface area contributed by atoms with Gasteiger partial charge in [0, 0.05) is 38.9 Å². The van der Waals surface area contributed by atoms with Crippen molar-refractivity contribution in [2.24, 2.45) is 0 Å². The average molecular weight is 396 g/mol. The number of aryl methyl sites for hydroxylation is 3. The number of aromatic nitrogens is 1. The lowest BCUT2D eigenvalue weighted by Gasteiger charge is -2.34. The SMILES string of the molecule is Cc1cc(C)c(S(=O)(=O)N2CCN(Cc3ccccn3)CC2)cc1C.Cl. The van der Waals surface area contributed by atoms with Crippen LogP contribution >= 0.6 is 12.4 Å². The van der Waals surface area contributed by atoms with Crippen molar-refractivity contribution in [1.29, 1.82) is 0 Å². The Kier molecular flexibility index (Phi) is 6.80. The van der Waals surface area contributed by atoms with Gasteiger partial charge in [-0.1, -0.05) is 12.1 Å². The van der Waals surface area contributed by atoms with Gasteiger partial charge in [-0.15, -0.1) is 12.4 Å². The Morgan fingerprint density at radius 1 is 0.962 bits per heavy atom. The van der Waals surface area contributed by atoms with E-state index in [0.29, 0.717) is 18.0 Å². The zero-order valence-corrected chi connectivity index (χ0v) is 17.1. The van der Waals surface area contributed by atoms with E-state index >= 15 is 0 Å². The molecule has 7 heteroatoms. The summed E-state index contributed by atoms with van der Waals surface area (Å²) < 4.78 is 27.7. The molecule has 0 aliphatic carbocycles. The molecule has 0 saturated carbocycles. The van der Waals surface area contributed by atoms with E-state index in [4.69, 9.17) is 0 Å². The van der Waals surface area contributed by atoms with Crippen LogP contribution in [0.4, 0.5) is 0 Å². The third kappa shape index (κ3) is 4.43. The summed E-state index contributed by atoms with van der Waals surface area (Å²) in [6.45, 7) is 9.07. The van der Waals surface area contributed by atoms with Crippen LogP contribution in [-0.4, -0.2) is 48.8 Å². The average Bonchev–Trinajstić information content (AvgIpc) is 2.59. The van der Waals surface area contributed by atoms with E-state index in [-0.39, 0.29) is 12.4 Å². The molecule has 1 aliphatic heterocycles. The molecule has 1 aromatic heterocycles. The first-order valence-electron chi connectivity index (χ1n) is 8.58. The molecule has 1 aromatic carbocycles. The van der Waals surface area contributed by atoms with Gasteiger partial charge in [0.25, 0.3) is 0 Å². The molecule has 2 heterocycles. The molecule has 0 atom stereocenters. The molecule has 0 N–H and O–H groups in total. The van der Waals surface area contributed by atoms with E-state index < -0.39 is 10.0 Å². The van der Waals surface area contributed by atoms with E-state index in [2.05, 4.69) is 9.88 Å². The van der Waals surface area contributed by atoms with Crippen molar-refractivity contribution < 1.29 is 8.42 Å². The van der Waals surface area contributed by atoms with Crippen molar-refractivity contribution >= 4 is 22.4 Å². The van der Waals surface area contributed by atoms with E-state index in [0.717, 1.165) is 42.0 Å². The molecule has 26 heavy (non-hydrogen) atoms. The number of nitrogens with zero attached hydrogens (tertiary/aromatic N) is 3. The van der Waals surface area contributed by atoms with Crippen LogP contribution in [0.5, 0.6) is 0 Å². The molecule has 0 unspecified atom stereocenters. The maximum Gasteiger partial charge on any atom is 0.243 e. The number of hydrogen-bond acceptors (Lipinski definition) is 4. The Morgan fingerprint density at radius 2 is 1.62 bits per heavy atom. The Balaban J connectivity index is 0.00000243. The number of rotatable bonds is 4. The summed E-state index contributed by atoms with van der Waals surface area (Å²) in [5, 5.41) is 0. The predicted molar refractivity (Wildman–Crippen MR) is 106 cm³/mol. The second kappa shape index (κ2) is 8.48. The first-order chi connectivity index (χ1) is 11.9. The number of hydrogen-bond donors (Lipinski definition) is 0. The minimum atomic E-state index is -3.44. The first kappa shape index (κ1) is 20.8. The fraction of sp³-hybridized carbons (Fsp3) is 0.421. The summed E-state index contributed by atoms with van der Waals surface area (Å²) in [5.41, 5.74) is 3.97. The van der Waals surface area contributed by atoms with E-state index in [1.165, 1.54) is 0 Å². The molecule has 2 aromatic rings. The Hall–Kier alpha value is -1.47. The number of piperazine rings is 1. The molecule has 0 radical (unpaired) electrons. The maximum atomic E-state index is 13.0. The van der Waals surface area contributed by atoms with Crippen molar-refractivity contribution in [3.05, 3.63) is 58.9 Å². The molecule has 1 aliphatic rings. The van der Waals surface area contributed by atoms with Gasteiger partial charge in [-0.05, 0) is 55.7 Å². The van der Waals surface area contributed by atoms with Crippen LogP contribution < -0.4 is 0 Å². The summed E-state index contributed by atoms with van der Waals surface area (Å²) in [6.07, 6.45) is 1.79. The van der Waals surface area contributed by atoms with Crippen LogP contribution in [0.3, 0.4) is 0 Å². The smallest absolute Gasteiger partial charge is 0.243 e. The largest absolute Gasteiger partial charge is 0.295 e. The number of benzene rings is 1. The molecule has 142 valence electrons. The number of sulfonamides is 1. The van der Waals surface area contributed by atoms with Crippen molar-refractivity contribution in [3.63, 3.8) is 0 Å². The summed E-state index contributed by atoms with van der Waals surface area (Å²) in [4.78, 5) is 7.03. The van der Waals surface area contributed by atoms with Gasteiger partial charge in [0.1, 0.15) is 0 Å². The highest BCUT2D eigenvalue weighted by Gasteiger charge is 2.29. The highest BCUT2D eigenvalue weighted by atomic mass is 35.5. The molecule has 0 bridgehead atoms. The Bertz CT molecular complexity index is 849. The molecule has 3 rings (SSSR count). The Labute approximate surface area is 162 Å². The lowest BCUT2D eigenvalue weighted by atomic mass is 10.1. The van der Waals surface area contributed by atoms with E-state index in [9.17, 15) is 8.42 Å². The summed E-state index contributed by atoms with van der Waals surface area (Å²) in [5.74, 6) is 0. The van der Waals surface area contributed by atoms with Gasteiger partial charge in [0.2, 0.25) is 10.0 Å². The summed E-state index contributed by atoms with van der Waals surface area (Å²) in [6, 6.07) is 9.65. The van der Waals surface area contributed by atoms with Crippen molar-refractivity contribution in [2.45, 2.75) is 32.2 Å². The highest BCUT2D eigenvalue weighted by molar-refractivity contribution is 7.89. The van der Waals surface area contributed by atoms with Crippen LogP contribution in [0, 0.1) is 20.8 Å². The highest BCUT2D eigenvalue weighted by Crippen LogP contribution is 2.24. The lowest BCUT2D eigenvalue weighted by molar-refractivity contribution is 0.180. The fourth-order valence-corrected chi connectivity index (χ4v) is 4.91. The van der Waals surface area contributed by atoms with Crippen molar-refractivity contribution in [2.75, 3.05) is 26.2 Å². The molecular formula is C19H26ClN3O2S. The summed E-state index contributed by atoms with van der Waals surface area (Å²) in [7, 11) is -3.44. The second-order valence-corrected chi connectivity index (χ2v) is 8.61. The third-order valence-electron chi connectivity index (χ3n) is 4.85. The lowest BCUT2D eigenvalue weighted by Crippen LogP contribution is -2.48. The number of pyridine rings is 1. The van der Waals surface area contributed by atoms with Crippen LogP contribution in [0.1, 0.15) is 22.4 Å². The zero-order valence-electron chi connectivity index (χ0n) is 15.5. The molecule has 1 saturated heterocycles. The normalized spacial score (nSPS) is 16.3. The van der Waals surface area contributed by atoms with Gasteiger partial charge in [-0.2, -0.15) is 4.31 Å². The van der Waals surface area contributed by atoms with Crippen LogP contribution in [0.15, 0.2) is 41.4 Å². The van der Waals surface area contributed by atoms with Gasteiger partial charge < -0.3 is 0 Å². The molecular weight excluding hydrogens is 370 g/mol. The Morgan fingerprint density at radius 3 is 2.23 bits per heavy atom. The third-order valence-corrected chi connectivity index (χ3v) is 6.89. The fourth-order valence-electron chi connectivity index (χ4n) is 3.20. The van der Waals surface area contributed by atoms with Crippen LogP contribution in [0.25, 0.3) is 0 Å². The van der Waals surface area contributed by atoms with Gasteiger partial charge >= 0.3 is 0 Å². The van der Waals surface area contributed by atoms with Gasteiger partial charge in [0.15, 0.2) is 0 Å². The van der Waals surface area contributed by atoms with Crippen LogP contribution in [0.2, 0.25) is 0 Å². The molecule has 0 amide bonds.